The first kappa shape index (κ1) is 14.8. The van der Waals surface area contributed by atoms with E-state index in [1.165, 1.54) is 30.4 Å². The van der Waals surface area contributed by atoms with Gasteiger partial charge in [-0.15, -0.1) is 0 Å². The zero-order chi connectivity index (χ0) is 16.3. The predicted molar refractivity (Wildman–Crippen MR) is 75.2 cm³/mol. The molecular weight excluding hydrogens is 296 g/mol. The summed E-state index contributed by atoms with van der Waals surface area (Å²) in [6.45, 7) is 0. The van der Waals surface area contributed by atoms with Gasteiger partial charge < -0.3 is 10.1 Å². The molecule has 0 saturated heterocycles. The molecule has 0 aliphatic heterocycles. The first-order valence-corrected chi connectivity index (χ1v) is 5.79. The fourth-order valence-electron chi connectivity index (χ4n) is 1.68. The number of rotatable bonds is 4. The van der Waals surface area contributed by atoms with Gasteiger partial charge in [-0.1, -0.05) is 12.1 Å². The minimum atomic E-state index is -1.13. The van der Waals surface area contributed by atoms with Crippen LogP contribution >= 0.6 is 0 Å². The lowest BCUT2D eigenvalue weighted by atomic mass is 10.1. The molecule has 10 nitrogen and oxygen atoms in total. The molecule has 0 atom stereocenters. The minimum Gasteiger partial charge on any atom is -0.488 e. The molecule has 2 rings (SSSR count). The normalized spacial score (nSPS) is 10.7. The van der Waals surface area contributed by atoms with Crippen molar-refractivity contribution >= 4 is 23.5 Å². The second-order valence-corrected chi connectivity index (χ2v) is 4.03. The van der Waals surface area contributed by atoms with Crippen LogP contribution in [0.4, 0.5) is 11.4 Å². The van der Waals surface area contributed by atoms with E-state index < -0.39 is 27.0 Å². The monoisotopic (exact) mass is 304 g/mol. The molecule has 0 radical (unpaired) electrons. The van der Waals surface area contributed by atoms with Crippen LogP contribution in [0.25, 0.3) is 12.2 Å². The van der Waals surface area contributed by atoms with Gasteiger partial charge in [0.25, 0.3) is 11.6 Å². The Bertz CT molecular complexity index is 842. The van der Waals surface area contributed by atoms with Crippen molar-refractivity contribution in [2.24, 2.45) is 0 Å². The van der Waals surface area contributed by atoms with Gasteiger partial charge in [0.15, 0.2) is 0 Å². The van der Waals surface area contributed by atoms with Crippen molar-refractivity contribution in [3.05, 3.63) is 66.2 Å². The molecule has 10 heteroatoms. The fraction of sp³-hybridized carbons (Fsp3) is 0. The van der Waals surface area contributed by atoms with E-state index in [0.29, 0.717) is 0 Å². The van der Waals surface area contributed by atoms with E-state index in [1.54, 1.807) is 6.07 Å². The Morgan fingerprint density at radius 2 is 1.82 bits per heavy atom. The molecule has 22 heavy (non-hydrogen) atoms. The van der Waals surface area contributed by atoms with Crippen LogP contribution in [0.15, 0.2) is 29.1 Å². The van der Waals surface area contributed by atoms with Gasteiger partial charge in [-0.25, -0.2) is 0 Å². The minimum absolute atomic E-state index is 0.160. The maximum atomic E-state index is 11.4. The molecule has 0 aliphatic carbocycles. The highest BCUT2D eigenvalue weighted by atomic mass is 16.6. The summed E-state index contributed by atoms with van der Waals surface area (Å²) >= 11 is 0. The Morgan fingerprint density at radius 1 is 1.14 bits per heavy atom. The van der Waals surface area contributed by atoms with Crippen LogP contribution in [0, 0.1) is 20.2 Å². The van der Waals surface area contributed by atoms with Gasteiger partial charge in [0.2, 0.25) is 0 Å². The number of nitro groups is 2. The maximum Gasteiger partial charge on any atom is 0.395 e. The summed E-state index contributed by atoms with van der Waals surface area (Å²) in [5.74, 6) is -1.21. The third-order valence-electron chi connectivity index (χ3n) is 2.63. The van der Waals surface area contributed by atoms with Crippen LogP contribution in [-0.4, -0.2) is 24.9 Å². The number of aromatic hydroxyl groups is 1. The summed E-state index contributed by atoms with van der Waals surface area (Å²) < 4.78 is 0. The molecule has 0 bridgehead atoms. The zero-order valence-electron chi connectivity index (χ0n) is 10.8. The quantitative estimate of drug-likeness (QED) is 0.640. The third kappa shape index (κ3) is 2.95. The van der Waals surface area contributed by atoms with Crippen LogP contribution < -0.4 is 5.56 Å². The smallest absolute Gasteiger partial charge is 0.395 e. The Hall–Kier alpha value is -3.56. The highest BCUT2D eigenvalue weighted by Gasteiger charge is 2.21. The van der Waals surface area contributed by atoms with Gasteiger partial charge >= 0.3 is 11.2 Å². The van der Waals surface area contributed by atoms with Gasteiger partial charge in [0.05, 0.1) is 15.4 Å². The summed E-state index contributed by atoms with van der Waals surface area (Å²) in [6, 6.07) is 5.84. The molecule has 0 fully saturated rings. The molecule has 1 aromatic carbocycles. The topological polar surface area (TPSA) is 152 Å². The Labute approximate surface area is 121 Å². The number of H-pyrrole nitrogens is 1. The molecule has 0 spiro atoms. The summed E-state index contributed by atoms with van der Waals surface area (Å²) in [4.78, 5) is 36.7. The maximum absolute atomic E-state index is 11.4. The first-order chi connectivity index (χ1) is 10.4. The number of nitrogens with zero attached hydrogens (tertiary/aromatic N) is 3. The van der Waals surface area contributed by atoms with E-state index in [1.807, 2.05) is 0 Å². The summed E-state index contributed by atoms with van der Waals surface area (Å²) in [6.07, 6.45) is 2.48. The number of nitrogens with one attached hydrogen (secondary N) is 1. The number of benzene rings is 1. The summed E-state index contributed by atoms with van der Waals surface area (Å²) in [5.41, 5.74) is -2.11. The van der Waals surface area contributed by atoms with Crippen molar-refractivity contribution < 1.29 is 15.0 Å². The predicted octanol–water partition coefficient (Wildman–Crippen LogP) is 1.46. The molecular formula is C12H8N4O6. The second-order valence-electron chi connectivity index (χ2n) is 4.03. The van der Waals surface area contributed by atoms with Gasteiger partial charge in [-0.3, -0.25) is 25.0 Å². The summed E-state index contributed by atoms with van der Waals surface area (Å²) in [5, 5.41) is 30.8. The van der Waals surface area contributed by atoms with E-state index in [2.05, 4.69) is 9.97 Å². The van der Waals surface area contributed by atoms with E-state index >= 15 is 0 Å². The number of aromatic amines is 1. The average molecular weight is 304 g/mol. The molecule has 1 heterocycles. The van der Waals surface area contributed by atoms with E-state index in [-0.39, 0.29) is 17.1 Å². The third-order valence-corrected chi connectivity index (χ3v) is 2.63. The lowest BCUT2D eigenvalue weighted by molar-refractivity contribution is -0.387. The van der Waals surface area contributed by atoms with Gasteiger partial charge in [0.1, 0.15) is 5.82 Å². The SMILES string of the molecule is O=c1[nH]c(/C=C/c2ccccc2[N+](=O)[O-])nc(O)c1[N+](=O)[O-]. The van der Waals surface area contributed by atoms with Crippen LogP contribution in [0.3, 0.4) is 0 Å². The standard InChI is InChI=1S/C12H8N4O6/c17-11-10(16(21)22)12(18)14-9(13-11)6-5-7-3-1-2-4-8(7)15(19)20/h1-6H,(H2,13,14,17,18)/b6-5+. The van der Waals surface area contributed by atoms with Crippen molar-refractivity contribution in [3.63, 3.8) is 0 Å². The van der Waals surface area contributed by atoms with Crippen molar-refractivity contribution in [1.82, 2.24) is 9.97 Å². The van der Waals surface area contributed by atoms with Crippen molar-refractivity contribution in [3.8, 4) is 5.88 Å². The Balaban J connectivity index is 2.42. The van der Waals surface area contributed by atoms with Gasteiger partial charge in [-0.2, -0.15) is 4.98 Å². The van der Waals surface area contributed by atoms with Crippen LogP contribution in [0.1, 0.15) is 11.4 Å². The van der Waals surface area contributed by atoms with E-state index in [9.17, 15) is 30.1 Å². The molecule has 1 aromatic heterocycles. The van der Waals surface area contributed by atoms with Crippen molar-refractivity contribution in [2.75, 3.05) is 0 Å². The van der Waals surface area contributed by atoms with Crippen molar-refractivity contribution in [1.29, 1.82) is 0 Å². The highest BCUT2D eigenvalue weighted by molar-refractivity contribution is 5.72. The highest BCUT2D eigenvalue weighted by Crippen LogP contribution is 2.21. The average Bonchev–Trinajstić information content (AvgIpc) is 2.44. The van der Waals surface area contributed by atoms with Crippen LogP contribution in [0.2, 0.25) is 0 Å². The van der Waals surface area contributed by atoms with Crippen molar-refractivity contribution in [2.45, 2.75) is 0 Å². The number of nitro benzene ring substituents is 1. The molecule has 2 aromatic rings. The largest absolute Gasteiger partial charge is 0.488 e. The van der Waals surface area contributed by atoms with E-state index in [4.69, 9.17) is 0 Å². The molecule has 0 aliphatic rings. The van der Waals surface area contributed by atoms with Crippen LogP contribution in [-0.2, 0) is 0 Å². The summed E-state index contributed by atoms with van der Waals surface area (Å²) in [7, 11) is 0. The van der Waals surface area contributed by atoms with Gasteiger partial charge in [-0.05, 0) is 18.2 Å². The zero-order valence-corrected chi connectivity index (χ0v) is 10.8. The fourth-order valence-corrected chi connectivity index (χ4v) is 1.68. The van der Waals surface area contributed by atoms with Gasteiger partial charge in [0, 0.05) is 6.07 Å². The molecule has 2 N–H and O–H groups in total. The lowest BCUT2D eigenvalue weighted by Crippen LogP contribution is -2.14. The molecule has 0 amide bonds. The Morgan fingerprint density at radius 3 is 2.41 bits per heavy atom. The second kappa shape index (κ2) is 5.83. The first-order valence-electron chi connectivity index (χ1n) is 5.79. The van der Waals surface area contributed by atoms with Crippen LogP contribution in [0.5, 0.6) is 5.88 Å². The molecule has 0 saturated carbocycles. The molecule has 112 valence electrons. The number of hydrogen-bond acceptors (Lipinski definition) is 7. The van der Waals surface area contributed by atoms with E-state index in [0.717, 1.165) is 0 Å². The molecule has 0 unspecified atom stereocenters. The number of para-hydroxylation sites is 1. The number of hydrogen-bond donors (Lipinski definition) is 2. The lowest BCUT2D eigenvalue weighted by Gasteiger charge is -1.98. The Kier molecular flexibility index (Phi) is 3.93. The number of aromatic nitrogens is 2.